The third kappa shape index (κ3) is 8.30. The molecule has 1 heterocycles. The van der Waals surface area contributed by atoms with E-state index in [2.05, 4.69) is 6.58 Å². The van der Waals surface area contributed by atoms with E-state index < -0.39 is 89.6 Å². The Hall–Kier alpha value is -3.18. The first kappa shape index (κ1) is 41.6. The summed E-state index contributed by atoms with van der Waals surface area (Å²) in [5.41, 5.74) is -4.32. The lowest BCUT2D eigenvalue weighted by Crippen LogP contribution is -2.58. The third-order valence-corrected chi connectivity index (χ3v) is 10.5. The summed E-state index contributed by atoms with van der Waals surface area (Å²) in [6.07, 6.45) is -10.9. The number of fused-ring (bicyclic) bond motifs is 2. The van der Waals surface area contributed by atoms with Crippen LogP contribution in [0.5, 0.6) is 5.75 Å². The molecule has 0 N–H and O–H groups in total. The van der Waals surface area contributed by atoms with Crippen molar-refractivity contribution >= 4 is 11.9 Å². The Morgan fingerprint density at radius 3 is 2.15 bits per heavy atom. The summed E-state index contributed by atoms with van der Waals surface area (Å²) in [6, 6.07) is 6.95. The largest absolute Gasteiger partial charge is 0.497 e. The van der Waals surface area contributed by atoms with Crippen LogP contribution in [-0.4, -0.2) is 87.2 Å². The van der Waals surface area contributed by atoms with Gasteiger partial charge < -0.3 is 37.9 Å². The second-order valence-corrected chi connectivity index (χ2v) is 14.4. The molecule has 52 heavy (non-hydrogen) atoms. The van der Waals surface area contributed by atoms with Crippen LogP contribution in [0, 0.1) is 23.2 Å². The molecule has 0 radical (unpaired) electrons. The molecule has 2 aliphatic carbocycles. The molecular weight excluding hydrogens is 706 g/mol. The molecule has 0 spiro atoms. The number of hydrogen-bond acceptors (Lipinski definition) is 10. The van der Waals surface area contributed by atoms with Crippen LogP contribution in [0.3, 0.4) is 0 Å². The highest BCUT2D eigenvalue weighted by molar-refractivity contribution is 5.76. The molecule has 0 aromatic heterocycles. The first-order valence-corrected chi connectivity index (χ1v) is 16.7. The summed E-state index contributed by atoms with van der Waals surface area (Å²) in [5.74, 6) is -8.89. The second kappa shape index (κ2) is 15.3. The third-order valence-electron chi connectivity index (χ3n) is 10.5. The van der Waals surface area contributed by atoms with E-state index in [1.165, 1.54) is 53.2 Å². The number of halogens is 6. The highest BCUT2D eigenvalue weighted by atomic mass is 19.4. The van der Waals surface area contributed by atoms with Crippen molar-refractivity contribution in [2.45, 2.75) is 102 Å². The molecule has 2 bridgehead atoms. The minimum Gasteiger partial charge on any atom is -0.497 e. The highest BCUT2D eigenvalue weighted by Crippen LogP contribution is 2.58. The van der Waals surface area contributed by atoms with Crippen LogP contribution >= 0.6 is 0 Å². The van der Waals surface area contributed by atoms with E-state index >= 15 is 0 Å². The Morgan fingerprint density at radius 2 is 1.63 bits per heavy atom. The SMILES string of the molecule is C=C[C@@H](OCc1ccc(OC)cc1)[C@]1([C@H]2/C=C\[C@]3(OC(=O)C(F)(F)F)CC[C@H]([C@@H](OCOC)[C@@H](OC(=O)C(F)(F)F)[C@H]2C)C3(C)C)COC(C)(C)O1. The van der Waals surface area contributed by atoms with Crippen molar-refractivity contribution in [1.82, 2.24) is 0 Å². The van der Waals surface area contributed by atoms with Crippen LogP contribution in [0.2, 0.25) is 0 Å². The van der Waals surface area contributed by atoms with Gasteiger partial charge in [-0.15, -0.1) is 6.58 Å². The maximum absolute atomic E-state index is 13.9. The highest BCUT2D eigenvalue weighted by Gasteiger charge is 2.65. The van der Waals surface area contributed by atoms with Crippen molar-refractivity contribution in [2.75, 3.05) is 27.6 Å². The normalized spacial score (nSPS) is 32.5. The molecule has 0 unspecified atom stereocenters. The molecule has 1 aromatic rings. The number of carbonyl (C=O) groups is 2. The number of methoxy groups -OCH3 is 2. The van der Waals surface area contributed by atoms with Crippen LogP contribution in [0.4, 0.5) is 26.3 Å². The topological polar surface area (TPSA) is 108 Å². The second-order valence-electron chi connectivity index (χ2n) is 14.4. The van der Waals surface area contributed by atoms with E-state index in [9.17, 15) is 35.9 Å². The average molecular weight is 753 g/mol. The zero-order valence-electron chi connectivity index (χ0n) is 30.1. The fourth-order valence-corrected chi connectivity index (χ4v) is 7.79. The Bertz CT molecular complexity index is 1460. The summed E-state index contributed by atoms with van der Waals surface area (Å²) in [5, 5.41) is 0. The lowest BCUT2D eigenvalue weighted by molar-refractivity contribution is -0.236. The number of rotatable bonds is 12. The predicted molar refractivity (Wildman–Crippen MR) is 171 cm³/mol. The average Bonchev–Trinajstić information content (AvgIpc) is 3.52. The van der Waals surface area contributed by atoms with Crippen molar-refractivity contribution in [3.05, 3.63) is 54.6 Å². The summed E-state index contributed by atoms with van der Waals surface area (Å²) in [6.45, 7) is 11.0. The zero-order chi connectivity index (χ0) is 38.9. The van der Waals surface area contributed by atoms with Crippen LogP contribution in [-0.2, 0) is 49.4 Å². The lowest BCUT2D eigenvalue weighted by atomic mass is 9.68. The van der Waals surface area contributed by atoms with Crippen molar-refractivity contribution < 1.29 is 73.8 Å². The number of esters is 2. The van der Waals surface area contributed by atoms with Gasteiger partial charge in [-0.2, -0.15) is 26.3 Å². The van der Waals surface area contributed by atoms with E-state index in [0.717, 1.165) is 0 Å². The molecule has 0 amide bonds. The van der Waals surface area contributed by atoms with Gasteiger partial charge in [-0.1, -0.05) is 45.1 Å². The monoisotopic (exact) mass is 752 g/mol. The number of hydrogen-bond donors (Lipinski definition) is 0. The van der Waals surface area contributed by atoms with E-state index in [4.69, 9.17) is 37.9 Å². The fourth-order valence-electron chi connectivity index (χ4n) is 7.79. The van der Waals surface area contributed by atoms with Gasteiger partial charge in [0.15, 0.2) is 5.79 Å². The molecule has 3 aliphatic rings. The van der Waals surface area contributed by atoms with Gasteiger partial charge >= 0.3 is 24.3 Å². The number of alkyl halides is 6. The lowest BCUT2D eigenvalue weighted by Gasteiger charge is -2.46. The maximum atomic E-state index is 13.9. The summed E-state index contributed by atoms with van der Waals surface area (Å²) in [7, 11) is 2.78. The molecule has 1 aliphatic heterocycles. The van der Waals surface area contributed by atoms with Gasteiger partial charge in [0, 0.05) is 24.4 Å². The number of benzene rings is 1. The Kier molecular flexibility index (Phi) is 12.2. The van der Waals surface area contributed by atoms with E-state index in [1.54, 1.807) is 38.1 Å². The molecule has 10 nitrogen and oxygen atoms in total. The van der Waals surface area contributed by atoms with Crippen molar-refractivity contribution in [2.24, 2.45) is 23.2 Å². The molecular formula is C36H46F6O10. The van der Waals surface area contributed by atoms with Crippen LogP contribution in [0.15, 0.2) is 49.1 Å². The quantitative estimate of drug-likeness (QED) is 0.0974. The number of ether oxygens (including phenoxy) is 8. The fraction of sp³-hybridized carbons (Fsp3) is 0.667. The van der Waals surface area contributed by atoms with E-state index in [0.29, 0.717) is 11.3 Å². The standard InChI is InChI=1S/C36H46F6O10/c1-9-26(47-18-22-10-12-23(46-8)13-11-22)34(19-49-32(5,6)52-34)24-14-16-33(51-30(44)36(40,41)42)17-15-25(31(33,3)4)28(48-20-45-7)27(21(24)2)50-29(43)35(37,38)39/h9-14,16,21,24-28H,1,15,17-20H2,2-8H3/b16-14-/t21-,24-,25+,26+,27-,28+,33-,34+/m0/s1. The first-order chi connectivity index (χ1) is 24.1. The predicted octanol–water partition coefficient (Wildman–Crippen LogP) is 6.85. The summed E-state index contributed by atoms with van der Waals surface area (Å²) in [4.78, 5) is 25.1. The van der Waals surface area contributed by atoms with E-state index in [1.807, 2.05) is 0 Å². The molecule has 1 saturated heterocycles. The minimum atomic E-state index is -5.41. The molecule has 2 fully saturated rings. The molecule has 4 rings (SSSR count). The minimum absolute atomic E-state index is 0.00860. The molecule has 292 valence electrons. The molecule has 1 saturated carbocycles. The van der Waals surface area contributed by atoms with Gasteiger partial charge in [0.25, 0.3) is 0 Å². The zero-order valence-corrected chi connectivity index (χ0v) is 30.1. The summed E-state index contributed by atoms with van der Waals surface area (Å²) < 4.78 is 129. The Morgan fingerprint density at radius 1 is 1.00 bits per heavy atom. The van der Waals surface area contributed by atoms with Crippen LogP contribution in [0.1, 0.15) is 53.0 Å². The molecule has 1 aromatic carbocycles. The van der Waals surface area contributed by atoms with Crippen molar-refractivity contribution in [3.63, 3.8) is 0 Å². The Labute approximate surface area is 298 Å². The first-order valence-electron chi connectivity index (χ1n) is 16.7. The summed E-state index contributed by atoms with van der Waals surface area (Å²) >= 11 is 0. The Balaban J connectivity index is 1.94. The van der Waals surface area contributed by atoms with Gasteiger partial charge in [0.2, 0.25) is 0 Å². The van der Waals surface area contributed by atoms with Gasteiger partial charge in [-0.25, -0.2) is 9.59 Å². The van der Waals surface area contributed by atoms with Gasteiger partial charge in [0.05, 0.1) is 20.3 Å². The molecule has 16 heteroatoms. The molecule has 8 atom stereocenters. The smallest absolute Gasteiger partial charge is 0.490 e. The van der Waals surface area contributed by atoms with Gasteiger partial charge in [0.1, 0.15) is 42.1 Å². The van der Waals surface area contributed by atoms with E-state index in [-0.39, 0.29) is 26.1 Å². The van der Waals surface area contributed by atoms with Gasteiger partial charge in [-0.3, -0.25) is 0 Å². The van der Waals surface area contributed by atoms with Gasteiger partial charge in [-0.05, 0) is 56.4 Å². The van der Waals surface area contributed by atoms with Crippen molar-refractivity contribution in [1.29, 1.82) is 0 Å². The number of carbonyl (C=O) groups excluding carboxylic acids is 2. The van der Waals surface area contributed by atoms with Crippen LogP contribution in [0.25, 0.3) is 0 Å². The van der Waals surface area contributed by atoms with Crippen LogP contribution < -0.4 is 4.74 Å². The van der Waals surface area contributed by atoms with Crippen molar-refractivity contribution in [3.8, 4) is 5.75 Å². The maximum Gasteiger partial charge on any atom is 0.490 e.